The van der Waals surface area contributed by atoms with Gasteiger partial charge in [-0.2, -0.15) is 0 Å². The number of morpholine rings is 1. The third-order valence-electron chi connectivity index (χ3n) is 4.75. The maximum atomic E-state index is 13.3. The normalized spacial score (nSPS) is 25.5. The van der Waals surface area contributed by atoms with E-state index in [1.54, 1.807) is 0 Å². The number of likely N-dealkylation sites (N-methyl/N-ethyl adjacent to an activating group) is 1. The number of benzene rings is 1. The van der Waals surface area contributed by atoms with E-state index < -0.39 is 21.4 Å². The smallest absolute Gasteiger partial charge is 0.274 e. The van der Waals surface area contributed by atoms with Crippen LogP contribution in [0, 0.1) is 5.82 Å². The van der Waals surface area contributed by atoms with Crippen LogP contribution in [0.25, 0.3) is 11.0 Å². The number of nitrogens with one attached hydrogen (secondary N) is 1. The number of hydrogen-bond donors (Lipinski definition) is 2. The number of nitrogens with zero attached hydrogens (tertiary/aromatic N) is 1. The monoisotopic (exact) mass is 372 g/mol. The molecule has 0 spiro atoms. The lowest BCUT2D eigenvalue weighted by atomic mass is 9.96. The van der Waals surface area contributed by atoms with Gasteiger partial charge in [0, 0.05) is 24.0 Å². The number of aliphatic hydroxyl groups excluding tert-OH is 1. The first kappa shape index (κ1) is 18.3. The molecular formula is C16H21FN2O5S. The van der Waals surface area contributed by atoms with E-state index in [1.165, 1.54) is 24.3 Å². The number of furan rings is 1. The second-order valence-electron chi connectivity index (χ2n) is 6.43. The van der Waals surface area contributed by atoms with Crippen molar-refractivity contribution in [3.8, 4) is 0 Å². The van der Waals surface area contributed by atoms with Crippen LogP contribution in [0.2, 0.25) is 0 Å². The van der Waals surface area contributed by atoms with Gasteiger partial charge >= 0.3 is 0 Å². The van der Waals surface area contributed by atoms with Crippen LogP contribution in [0.3, 0.4) is 0 Å². The van der Waals surface area contributed by atoms with Gasteiger partial charge in [0.15, 0.2) is 0 Å². The summed E-state index contributed by atoms with van der Waals surface area (Å²) in [6, 6.07) is 5.10. The number of hydrogen-bond acceptors (Lipinski definition) is 6. The Morgan fingerprint density at radius 1 is 1.44 bits per heavy atom. The molecule has 0 bridgehead atoms. The van der Waals surface area contributed by atoms with Gasteiger partial charge in [0.2, 0.25) is 5.09 Å². The second kappa shape index (κ2) is 6.65. The molecule has 0 saturated carbocycles. The molecule has 2 N–H and O–H groups in total. The average molecular weight is 372 g/mol. The van der Waals surface area contributed by atoms with E-state index in [0.29, 0.717) is 12.0 Å². The van der Waals surface area contributed by atoms with E-state index in [2.05, 4.69) is 4.72 Å². The summed E-state index contributed by atoms with van der Waals surface area (Å²) in [5.41, 5.74) is -0.576. The van der Waals surface area contributed by atoms with Crippen LogP contribution in [0.1, 0.15) is 6.92 Å². The highest BCUT2D eigenvalue weighted by molar-refractivity contribution is 7.89. The van der Waals surface area contributed by atoms with Crippen LogP contribution < -0.4 is 4.72 Å². The summed E-state index contributed by atoms with van der Waals surface area (Å²) < 4.78 is 51.6. The number of fused-ring (bicyclic) bond motifs is 1. The molecule has 2 aromatic rings. The molecule has 3 rings (SSSR count). The maximum absolute atomic E-state index is 13.3. The number of ether oxygens (including phenoxy) is 1. The Balaban J connectivity index is 1.82. The first-order valence-electron chi connectivity index (χ1n) is 7.88. The van der Waals surface area contributed by atoms with Gasteiger partial charge < -0.3 is 14.3 Å². The van der Waals surface area contributed by atoms with Crippen molar-refractivity contribution in [3.05, 3.63) is 30.1 Å². The number of aliphatic hydroxyl groups is 1. The van der Waals surface area contributed by atoms with Gasteiger partial charge in [0.05, 0.1) is 25.4 Å². The average Bonchev–Trinajstić information content (AvgIpc) is 3.00. The molecule has 1 aromatic carbocycles. The fourth-order valence-corrected chi connectivity index (χ4v) is 3.99. The molecule has 0 unspecified atom stereocenters. The predicted molar refractivity (Wildman–Crippen MR) is 89.2 cm³/mol. The first-order valence-corrected chi connectivity index (χ1v) is 9.36. The molecule has 2 heterocycles. The summed E-state index contributed by atoms with van der Waals surface area (Å²) in [6.07, 6.45) is 0. The van der Waals surface area contributed by atoms with Crippen molar-refractivity contribution >= 4 is 21.0 Å². The van der Waals surface area contributed by atoms with Crippen LogP contribution in [0.5, 0.6) is 0 Å². The molecule has 7 nitrogen and oxygen atoms in total. The standard InChI is InChI=1S/C16H21FN2O5S/c1-11-7-23-10-16(9-20,19(11)2)8-18-25(21,22)15-6-12-5-13(17)3-4-14(12)24-15/h3-6,11,18,20H,7-10H2,1-2H3/t11-,16+/m1/s1. The minimum absolute atomic E-state index is 0.0413. The molecule has 9 heteroatoms. The molecule has 138 valence electrons. The molecule has 0 amide bonds. The summed E-state index contributed by atoms with van der Waals surface area (Å²) in [5, 5.41) is 9.89. The highest BCUT2D eigenvalue weighted by Crippen LogP contribution is 2.25. The summed E-state index contributed by atoms with van der Waals surface area (Å²) in [4.78, 5) is 1.91. The largest absolute Gasteiger partial charge is 0.443 e. The zero-order chi connectivity index (χ0) is 18.2. The number of halogens is 1. The zero-order valence-electron chi connectivity index (χ0n) is 14.0. The molecule has 1 aliphatic heterocycles. The van der Waals surface area contributed by atoms with Crippen LogP contribution >= 0.6 is 0 Å². The Bertz CT molecular complexity index is 869. The topological polar surface area (TPSA) is 92.0 Å². The van der Waals surface area contributed by atoms with Gasteiger partial charge in [0.25, 0.3) is 10.0 Å². The Morgan fingerprint density at radius 3 is 2.92 bits per heavy atom. The van der Waals surface area contributed by atoms with Crippen LogP contribution in [0.15, 0.2) is 33.8 Å². The SMILES string of the molecule is C[C@@H]1COC[C@@](CO)(CNS(=O)(=O)c2cc3cc(F)ccc3o2)N1C. The van der Waals surface area contributed by atoms with E-state index in [1.807, 2.05) is 18.9 Å². The second-order valence-corrected chi connectivity index (χ2v) is 8.13. The molecule has 1 aromatic heterocycles. The van der Waals surface area contributed by atoms with E-state index in [0.717, 1.165) is 0 Å². The lowest BCUT2D eigenvalue weighted by molar-refractivity contribution is -0.104. The highest BCUT2D eigenvalue weighted by atomic mass is 32.2. The summed E-state index contributed by atoms with van der Waals surface area (Å²) in [5.74, 6) is -0.473. The molecular weight excluding hydrogens is 351 g/mol. The van der Waals surface area contributed by atoms with Crippen molar-refractivity contribution in [1.29, 1.82) is 0 Å². The Hall–Kier alpha value is -1.52. The fraction of sp³-hybridized carbons (Fsp3) is 0.500. The predicted octanol–water partition coefficient (Wildman–Crippen LogP) is 0.932. The molecule has 0 aliphatic carbocycles. The van der Waals surface area contributed by atoms with Gasteiger partial charge in [0.1, 0.15) is 11.4 Å². The molecule has 25 heavy (non-hydrogen) atoms. The maximum Gasteiger partial charge on any atom is 0.274 e. The van der Waals surface area contributed by atoms with Crippen LogP contribution in [-0.2, 0) is 14.8 Å². The highest BCUT2D eigenvalue weighted by Gasteiger charge is 2.41. The van der Waals surface area contributed by atoms with Crippen LogP contribution in [-0.4, -0.2) is 63.4 Å². The lowest BCUT2D eigenvalue weighted by Gasteiger charge is -2.47. The van der Waals surface area contributed by atoms with Crippen molar-refractivity contribution in [3.63, 3.8) is 0 Å². The summed E-state index contributed by atoms with van der Waals surface area (Å²) in [7, 11) is -2.13. The first-order chi connectivity index (χ1) is 11.8. The van der Waals surface area contributed by atoms with Gasteiger partial charge in [-0.05, 0) is 32.2 Å². The fourth-order valence-electron chi connectivity index (χ4n) is 2.91. The Kier molecular flexibility index (Phi) is 4.86. The van der Waals surface area contributed by atoms with Crippen molar-refractivity contribution < 1.29 is 27.1 Å². The van der Waals surface area contributed by atoms with Crippen molar-refractivity contribution in [2.75, 3.05) is 33.4 Å². The summed E-state index contributed by atoms with van der Waals surface area (Å²) >= 11 is 0. The van der Waals surface area contributed by atoms with Gasteiger partial charge in [-0.15, -0.1) is 0 Å². The van der Waals surface area contributed by atoms with E-state index >= 15 is 0 Å². The van der Waals surface area contributed by atoms with Gasteiger partial charge in [-0.3, -0.25) is 4.90 Å². The zero-order valence-corrected chi connectivity index (χ0v) is 14.8. The third kappa shape index (κ3) is 3.42. The van der Waals surface area contributed by atoms with E-state index in [-0.39, 0.29) is 36.5 Å². The quantitative estimate of drug-likeness (QED) is 0.811. The van der Waals surface area contributed by atoms with E-state index in [4.69, 9.17) is 9.15 Å². The van der Waals surface area contributed by atoms with Crippen LogP contribution in [0.4, 0.5) is 4.39 Å². The van der Waals surface area contributed by atoms with Gasteiger partial charge in [-0.25, -0.2) is 17.5 Å². The van der Waals surface area contributed by atoms with Crippen molar-refractivity contribution in [2.45, 2.75) is 23.6 Å². The van der Waals surface area contributed by atoms with Gasteiger partial charge in [-0.1, -0.05) is 0 Å². The Morgan fingerprint density at radius 2 is 2.20 bits per heavy atom. The Labute approximate surface area is 145 Å². The molecule has 1 aliphatic rings. The third-order valence-corrected chi connectivity index (χ3v) is 6.00. The van der Waals surface area contributed by atoms with Crippen molar-refractivity contribution in [2.24, 2.45) is 0 Å². The molecule has 0 radical (unpaired) electrons. The minimum atomic E-state index is -3.96. The van der Waals surface area contributed by atoms with Crippen molar-refractivity contribution in [1.82, 2.24) is 9.62 Å². The molecule has 1 fully saturated rings. The number of sulfonamides is 1. The summed E-state index contributed by atoms with van der Waals surface area (Å²) in [6.45, 7) is 2.35. The molecule has 1 saturated heterocycles. The van der Waals surface area contributed by atoms with E-state index in [9.17, 15) is 17.9 Å². The lowest BCUT2D eigenvalue weighted by Crippen LogP contribution is -2.65. The number of rotatable bonds is 5. The molecule has 2 atom stereocenters. The minimum Gasteiger partial charge on any atom is -0.443 e.